The molecule has 0 radical (unpaired) electrons. The van der Waals surface area contributed by atoms with Crippen molar-refractivity contribution >= 4 is 11.7 Å². The fourth-order valence-corrected chi connectivity index (χ4v) is 2.95. The Morgan fingerprint density at radius 1 is 1.12 bits per heavy atom. The van der Waals surface area contributed by atoms with Crippen molar-refractivity contribution in [2.75, 3.05) is 25.7 Å². The molecule has 3 rings (SSSR count). The summed E-state index contributed by atoms with van der Waals surface area (Å²) in [6.07, 6.45) is 0.943. The molecule has 0 fully saturated rings. The van der Waals surface area contributed by atoms with Crippen LogP contribution in [0, 0.1) is 11.8 Å². The lowest BCUT2D eigenvalue weighted by Gasteiger charge is -2.36. The number of fused-ring (bicyclic) bond motifs is 1. The third-order valence-electron chi connectivity index (χ3n) is 4.18. The van der Waals surface area contributed by atoms with E-state index >= 15 is 0 Å². The summed E-state index contributed by atoms with van der Waals surface area (Å²) in [6, 6.07) is 15.9. The lowest BCUT2D eigenvalue weighted by molar-refractivity contribution is -0.133. The van der Waals surface area contributed by atoms with Gasteiger partial charge in [0.25, 0.3) is 0 Å². The van der Waals surface area contributed by atoms with Crippen LogP contribution in [0.5, 0.6) is 5.75 Å². The van der Waals surface area contributed by atoms with Crippen LogP contribution in [0.15, 0.2) is 48.5 Å². The van der Waals surface area contributed by atoms with Crippen molar-refractivity contribution in [1.82, 2.24) is 0 Å². The minimum absolute atomic E-state index is 0.178. The molecule has 0 amide bonds. The zero-order chi connectivity index (χ0) is 16.9. The van der Waals surface area contributed by atoms with E-state index in [4.69, 9.17) is 4.74 Å². The van der Waals surface area contributed by atoms with Crippen LogP contribution >= 0.6 is 0 Å². The first-order valence-electron chi connectivity index (χ1n) is 7.81. The fraction of sp³-hybridized carbons (Fsp3) is 0.250. The molecule has 0 spiro atoms. The minimum atomic E-state index is -0.521. The number of rotatable bonds is 2. The Labute approximate surface area is 142 Å². The molecular formula is C20H19NO3. The number of carbonyl (C=O) groups is 1. The second kappa shape index (κ2) is 7.10. The molecule has 4 heteroatoms. The summed E-state index contributed by atoms with van der Waals surface area (Å²) >= 11 is 0. The van der Waals surface area contributed by atoms with Crippen molar-refractivity contribution in [2.45, 2.75) is 12.5 Å². The summed E-state index contributed by atoms with van der Waals surface area (Å²) < 4.78 is 9.88. The van der Waals surface area contributed by atoms with Gasteiger partial charge < -0.3 is 14.4 Å². The van der Waals surface area contributed by atoms with E-state index in [0.717, 1.165) is 30.0 Å². The highest BCUT2D eigenvalue weighted by molar-refractivity contribution is 5.88. The zero-order valence-electron chi connectivity index (χ0n) is 13.8. The number of esters is 1. The maximum atomic E-state index is 11.5. The molecule has 24 heavy (non-hydrogen) atoms. The predicted molar refractivity (Wildman–Crippen MR) is 93.0 cm³/mol. The van der Waals surface area contributed by atoms with E-state index in [9.17, 15) is 4.79 Å². The van der Waals surface area contributed by atoms with Gasteiger partial charge in [-0.1, -0.05) is 30.2 Å². The van der Waals surface area contributed by atoms with Crippen molar-refractivity contribution in [3.05, 3.63) is 59.7 Å². The Hall–Kier alpha value is -2.93. The van der Waals surface area contributed by atoms with Gasteiger partial charge in [-0.3, -0.25) is 0 Å². The van der Waals surface area contributed by atoms with Crippen LogP contribution in [0.2, 0.25) is 0 Å². The van der Waals surface area contributed by atoms with Gasteiger partial charge in [0.15, 0.2) is 0 Å². The molecule has 1 aliphatic heterocycles. The van der Waals surface area contributed by atoms with Crippen molar-refractivity contribution in [2.24, 2.45) is 0 Å². The van der Waals surface area contributed by atoms with Gasteiger partial charge in [-0.15, -0.1) is 0 Å². The molecule has 1 atom stereocenters. The summed E-state index contributed by atoms with van der Waals surface area (Å²) in [5.41, 5.74) is 3.46. The van der Waals surface area contributed by atoms with Gasteiger partial charge in [0.1, 0.15) is 11.8 Å². The Morgan fingerprint density at radius 2 is 1.88 bits per heavy atom. The standard InChI is InChI=1S/C20H19NO3/c1-23-17-9-7-16(8-10-17)21-14-13-15-5-3-4-6-18(15)19(21)11-12-20(22)24-2/h3-10,19H,13-14H2,1-2H3. The number of benzene rings is 2. The van der Waals surface area contributed by atoms with Crippen LogP contribution in [-0.4, -0.2) is 26.7 Å². The van der Waals surface area contributed by atoms with Gasteiger partial charge in [0.05, 0.1) is 14.2 Å². The Balaban J connectivity index is 2.00. The van der Waals surface area contributed by atoms with Crippen molar-refractivity contribution in [1.29, 1.82) is 0 Å². The van der Waals surface area contributed by atoms with Crippen molar-refractivity contribution in [3.63, 3.8) is 0 Å². The van der Waals surface area contributed by atoms with E-state index in [1.165, 1.54) is 12.7 Å². The summed E-state index contributed by atoms with van der Waals surface area (Å²) in [5.74, 6) is 5.96. The number of ether oxygens (including phenoxy) is 2. The molecule has 122 valence electrons. The molecule has 0 saturated carbocycles. The monoisotopic (exact) mass is 321 g/mol. The van der Waals surface area contributed by atoms with Crippen LogP contribution in [0.25, 0.3) is 0 Å². The number of carbonyl (C=O) groups excluding carboxylic acids is 1. The van der Waals surface area contributed by atoms with Gasteiger partial charge in [-0.05, 0) is 41.8 Å². The summed E-state index contributed by atoms with van der Waals surface area (Å²) in [5, 5.41) is 0. The summed E-state index contributed by atoms with van der Waals surface area (Å²) in [7, 11) is 2.99. The molecule has 2 aromatic carbocycles. The van der Waals surface area contributed by atoms with Crippen LogP contribution in [0.1, 0.15) is 17.2 Å². The largest absolute Gasteiger partial charge is 0.497 e. The average Bonchev–Trinajstić information content (AvgIpc) is 2.65. The first kappa shape index (κ1) is 15.9. The Kier molecular flexibility index (Phi) is 4.72. The van der Waals surface area contributed by atoms with Crippen molar-refractivity contribution < 1.29 is 14.3 Å². The SMILES string of the molecule is COC(=O)C#CC1c2ccccc2CCN1c1ccc(OC)cc1. The second-order valence-electron chi connectivity index (χ2n) is 5.50. The number of hydrogen-bond acceptors (Lipinski definition) is 4. The van der Waals surface area contributed by atoms with Gasteiger partial charge in [0, 0.05) is 18.2 Å². The molecular weight excluding hydrogens is 302 g/mol. The highest BCUT2D eigenvalue weighted by Gasteiger charge is 2.26. The second-order valence-corrected chi connectivity index (χ2v) is 5.50. The van der Waals surface area contributed by atoms with E-state index in [0.29, 0.717) is 0 Å². The molecule has 4 nitrogen and oxygen atoms in total. The molecule has 1 unspecified atom stereocenters. The summed E-state index contributed by atoms with van der Waals surface area (Å²) in [6.45, 7) is 0.837. The van der Waals surface area contributed by atoms with E-state index in [1.807, 2.05) is 36.4 Å². The van der Waals surface area contributed by atoms with Crippen LogP contribution in [0.4, 0.5) is 5.69 Å². The highest BCUT2D eigenvalue weighted by atomic mass is 16.5. The van der Waals surface area contributed by atoms with Gasteiger partial charge in [0.2, 0.25) is 0 Å². The zero-order valence-corrected chi connectivity index (χ0v) is 13.8. The average molecular weight is 321 g/mol. The number of methoxy groups -OCH3 is 2. The first-order valence-corrected chi connectivity index (χ1v) is 7.81. The molecule has 1 aliphatic rings. The number of nitrogens with zero attached hydrogens (tertiary/aromatic N) is 1. The third kappa shape index (κ3) is 3.21. The predicted octanol–water partition coefficient (Wildman–Crippen LogP) is 2.98. The quantitative estimate of drug-likeness (QED) is 0.484. The normalized spacial score (nSPS) is 15.8. The molecule has 0 saturated heterocycles. The highest BCUT2D eigenvalue weighted by Crippen LogP contribution is 2.34. The van der Waals surface area contributed by atoms with E-state index in [2.05, 4.69) is 33.6 Å². The van der Waals surface area contributed by atoms with E-state index in [1.54, 1.807) is 7.11 Å². The molecule has 0 bridgehead atoms. The molecule has 1 heterocycles. The van der Waals surface area contributed by atoms with Crippen LogP contribution in [0.3, 0.4) is 0 Å². The summed E-state index contributed by atoms with van der Waals surface area (Å²) in [4.78, 5) is 13.7. The molecule has 0 N–H and O–H groups in total. The van der Waals surface area contributed by atoms with Crippen molar-refractivity contribution in [3.8, 4) is 17.6 Å². The topological polar surface area (TPSA) is 38.8 Å². The lowest BCUT2D eigenvalue weighted by Crippen LogP contribution is -2.34. The Morgan fingerprint density at radius 3 is 2.58 bits per heavy atom. The molecule has 0 aromatic heterocycles. The maximum Gasteiger partial charge on any atom is 0.384 e. The maximum absolute atomic E-state index is 11.5. The molecule has 0 aliphatic carbocycles. The minimum Gasteiger partial charge on any atom is -0.497 e. The Bertz CT molecular complexity index is 787. The van der Waals surface area contributed by atoms with E-state index < -0.39 is 5.97 Å². The third-order valence-corrected chi connectivity index (χ3v) is 4.18. The first-order chi connectivity index (χ1) is 11.7. The smallest absolute Gasteiger partial charge is 0.384 e. The van der Waals surface area contributed by atoms with E-state index in [-0.39, 0.29) is 6.04 Å². The van der Waals surface area contributed by atoms with Gasteiger partial charge >= 0.3 is 5.97 Å². The number of hydrogen-bond donors (Lipinski definition) is 0. The fourth-order valence-electron chi connectivity index (χ4n) is 2.95. The lowest BCUT2D eigenvalue weighted by atomic mass is 9.92. The van der Waals surface area contributed by atoms with Gasteiger partial charge in [-0.2, -0.15) is 0 Å². The molecule has 2 aromatic rings. The van der Waals surface area contributed by atoms with Gasteiger partial charge in [-0.25, -0.2) is 4.79 Å². The number of anilines is 1. The van der Waals surface area contributed by atoms with Crippen LogP contribution in [-0.2, 0) is 16.0 Å². The van der Waals surface area contributed by atoms with Crippen LogP contribution < -0.4 is 9.64 Å².